The van der Waals surface area contributed by atoms with Gasteiger partial charge < -0.3 is 16.0 Å². The number of aromatic nitrogens is 2. The number of nitrogens with zero attached hydrogens (tertiary/aromatic N) is 3. The predicted octanol–water partition coefficient (Wildman–Crippen LogP) is 1.59. The predicted molar refractivity (Wildman–Crippen MR) is 81.7 cm³/mol. The summed E-state index contributed by atoms with van der Waals surface area (Å²) >= 11 is 1.42. The lowest BCUT2D eigenvalue weighted by molar-refractivity contribution is -0.132. The summed E-state index contributed by atoms with van der Waals surface area (Å²) in [6.45, 7) is 3.56. The first-order valence-corrected chi connectivity index (χ1v) is 8.06. The number of hydrogen-bond acceptors (Lipinski definition) is 6. The smallest absolute Gasteiger partial charge is 0.244 e. The van der Waals surface area contributed by atoms with Crippen molar-refractivity contribution in [3.8, 4) is 0 Å². The van der Waals surface area contributed by atoms with E-state index in [9.17, 15) is 4.79 Å². The van der Waals surface area contributed by atoms with Gasteiger partial charge in [0.1, 0.15) is 17.7 Å². The Kier molecular flexibility index (Phi) is 5.05. The van der Waals surface area contributed by atoms with E-state index in [1.165, 1.54) is 18.2 Å². The number of amides is 1. The minimum absolute atomic E-state index is 0.118. The standard InChI is InChI=1S/C13H21N5OS/c1-9(12(19)18-6-4-3-5-7-18)15-11-8-10(14)16-13(17-11)20-2/h8-9H,3-7H2,1-2H3,(H3,14,15,16,17). The van der Waals surface area contributed by atoms with Gasteiger partial charge in [-0.3, -0.25) is 4.79 Å². The van der Waals surface area contributed by atoms with Gasteiger partial charge in [-0.1, -0.05) is 11.8 Å². The fourth-order valence-corrected chi connectivity index (χ4v) is 2.67. The Labute approximate surface area is 123 Å². The van der Waals surface area contributed by atoms with Crippen molar-refractivity contribution in [3.05, 3.63) is 6.07 Å². The van der Waals surface area contributed by atoms with Gasteiger partial charge in [-0.05, 0) is 32.4 Å². The number of nitrogens with one attached hydrogen (secondary N) is 1. The van der Waals surface area contributed by atoms with E-state index in [0.717, 1.165) is 25.9 Å². The Hall–Kier alpha value is -1.50. The molecule has 2 rings (SSSR count). The Balaban J connectivity index is 2.01. The third kappa shape index (κ3) is 3.75. The summed E-state index contributed by atoms with van der Waals surface area (Å²) in [5.74, 6) is 1.12. The number of hydrogen-bond donors (Lipinski definition) is 2. The van der Waals surface area contributed by atoms with Crippen molar-refractivity contribution >= 4 is 29.3 Å². The van der Waals surface area contributed by atoms with Crippen LogP contribution in [0.4, 0.5) is 11.6 Å². The van der Waals surface area contributed by atoms with Gasteiger partial charge in [0.25, 0.3) is 0 Å². The van der Waals surface area contributed by atoms with Crippen LogP contribution in [0.25, 0.3) is 0 Å². The molecule has 1 atom stereocenters. The number of nitrogen functional groups attached to an aromatic ring is 1. The summed E-state index contributed by atoms with van der Waals surface area (Å²) in [7, 11) is 0. The number of nitrogens with two attached hydrogens (primary N) is 1. The monoisotopic (exact) mass is 295 g/mol. The summed E-state index contributed by atoms with van der Waals surface area (Å²) in [6.07, 6.45) is 5.29. The van der Waals surface area contributed by atoms with Gasteiger partial charge in [0.05, 0.1) is 0 Å². The molecule has 6 nitrogen and oxygen atoms in total. The van der Waals surface area contributed by atoms with Crippen LogP contribution in [-0.4, -0.2) is 46.2 Å². The van der Waals surface area contributed by atoms with E-state index in [-0.39, 0.29) is 11.9 Å². The summed E-state index contributed by atoms with van der Waals surface area (Å²) in [5.41, 5.74) is 5.73. The van der Waals surface area contributed by atoms with Gasteiger partial charge in [-0.25, -0.2) is 9.97 Å². The second-order valence-corrected chi connectivity index (χ2v) is 5.69. The minimum atomic E-state index is -0.308. The zero-order valence-electron chi connectivity index (χ0n) is 11.9. The Morgan fingerprint density at radius 2 is 2.10 bits per heavy atom. The number of anilines is 2. The van der Waals surface area contributed by atoms with Crippen molar-refractivity contribution in [1.29, 1.82) is 0 Å². The number of carbonyl (C=O) groups is 1. The molecule has 0 spiro atoms. The largest absolute Gasteiger partial charge is 0.383 e. The molecular weight excluding hydrogens is 274 g/mol. The van der Waals surface area contributed by atoms with Crippen LogP contribution < -0.4 is 11.1 Å². The van der Waals surface area contributed by atoms with E-state index in [1.807, 2.05) is 18.1 Å². The van der Waals surface area contributed by atoms with Gasteiger partial charge >= 0.3 is 0 Å². The highest BCUT2D eigenvalue weighted by Gasteiger charge is 2.22. The van der Waals surface area contributed by atoms with Crippen molar-refractivity contribution in [2.45, 2.75) is 37.4 Å². The number of carbonyl (C=O) groups excluding carboxylic acids is 1. The van der Waals surface area contributed by atoms with E-state index in [4.69, 9.17) is 5.73 Å². The molecule has 1 aromatic rings. The van der Waals surface area contributed by atoms with Crippen molar-refractivity contribution in [2.75, 3.05) is 30.4 Å². The van der Waals surface area contributed by atoms with E-state index in [2.05, 4.69) is 15.3 Å². The highest BCUT2D eigenvalue weighted by atomic mass is 32.2. The molecule has 7 heteroatoms. The van der Waals surface area contributed by atoms with Crippen LogP contribution in [0.5, 0.6) is 0 Å². The molecule has 1 amide bonds. The number of rotatable bonds is 4. The Morgan fingerprint density at radius 1 is 1.40 bits per heavy atom. The molecular formula is C13H21N5OS. The average molecular weight is 295 g/mol. The molecule has 20 heavy (non-hydrogen) atoms. The SMILES string of the molecule is CSc1nc(N)cc(NC(C)C(=O)N2CCCCC2)n1. The molecule has 3 N–H and O–H groups in total. The van der Waals surface area contributed by atoms with Crippen molar-refractivity contribution in [3.63, 3.8) is 0 Å². The molecule has 0 saturated carbocycles. The van der Waals surface area contributed by atoms with Crippen LogP contribution in [0.15, 0.2) is 11.2 Å². The highest BCUT2D eigenvalue weighted by Crippen LogP contribution is 2.17. The lowest BCUT2D eigenvalue weighted by atomic mass is 10.1. The molecule has 1 aliphatic rings. The number of likely N-dealkylation sites (tertiary alicyclic amines) is 1. The van der Waals surface area contributed by atoms with Gasteiger partial charge in [0, 0.05) is 19.2 Å². The molecule has 1 aromatic heterocycles. The zero-order valence-corrected chi connectivity index (χ0v) is 12.7. The summed E-state index contributed by atoms with van der Waals surface area (Å²) in [4.78, 5) is 22.6. The van der Waals surface area contributed by atoms with Crippen LogP contribution in [-0.2, 0) is 4.79 Å². The summed E-state index contributed by atoms with van der Waals surface area (Å²) in [6, 6.07) is 1.34. The lowest BCUT2D eigenvalue weighted by Gasteiger charge is -2.29. The maximum absolute atomic E-state index is 12.3. The molecule has 0 aliphatic carbocycles. The van der Waals surface area contributed by atoms with Gasteiger partial charge in [-0.15, -0.1) is 0 Å². The topological polar surface area (TPSA) is 84.1 Å². The average Bonchev–Trinajstić information content (AvgIpc) is 2.46. The maximum atomic E-state index is 12.3. The lowest BCUT2D eigenvalue weighted by Crippen LogP contribution is -2.44. The van der Waals surface area contributed by atoms with Gasteiger partial charge in [0.2, 0.25) is 5.91 Å². The van der Waals surface area contributed by atoms with Crippen LogP contribution in [0, 0.1) is 0 Å². The second kappa shape index (κ2) is 6.78. The van der Waals surface area contributed by atoms with Crippen LogP contribution in [0.2, 0.25) is 0 Å². The van der Waals surface area contributed by atoms with Crippen molar-refractivity contribution in [1.82, 2.24) is 14.9 Å². The zero-order chi connectivity index (χ0) is 14.5. The summed E-state index contributed by atoms with van der Waals surface area (Å²) < 4.78 is 0. The Morgan fingerprint density at radius 3 is 2.75 bits per heavy atom. The minimum Gasteiger partial charge on any atom is -0.383 e. The molecule has 1 fully saturated rings. The molecule has 0 bridgehead atoms. The maximum Gasteiger partial charge on any atom is 0.244 e. The normalized spacial score (nSPS) is 16.8. The van der Waals surface area contributed by atoms with Gasteiger partial charge in [0.15, 0.2) is 5.16 Å². The fraction of sp³-hybridized carbons (Fsp3) is 0.615. The molecule has 1 unspecified atom stereocenters. The first-order valence-electron chi connectivity index (χ1n) is 6.84. The van der Waals surface area contributed by atoms with Crippen LogP contribution in [0.3, 0.4) is 0 Å². The van der Waals surface area contributed by atoms with Crippen LogP contribution in [0.1, 0.15) is 26.2 Å². The molecule has 0 radical (unpaired) electrons. The molecule has 1 aliphatic heterocycles. The number of thioether (sulfide) groups is 1. The van der Waals surface area contributed by atoms with E-state index >= 15 is 0 Å². The fourth-order valence-electron chi connectivity index (χ4n) is 2.28. The van der Waals surface area contributed by atoms with Gasteiger partial charge in [-0.2, -0.15) is 0 Å². The number of piperidine rings is 1. The molecule has 0 aromatic carbocycles. The first-order chi connectivity index (χ1) is 9.60. The highest BCUT2D eigenvalue weighted by molar-refractivity contribution is 7.98. The first kappa shape index (κ1) is 14.9. The molecule has 1 saturated heterocycles. The van der Waals surface area contributed by atoms with Crippen molar-refractivity contribution < 1.29 is 4.79 Å². The van der Waals surface area contributed by atoms with Crippen molar-refractivity contribution in [2.24, 2.45) is 0 Å². The van der Waals surface area contributed by atoms with E-state index in [1.54, 1.807) is 6.07 Å². The summed E-state index contributed by atoms with van der Waals surface area (Å²) in [5, 5.41) is 3.72. The molecule has 2 heterocycles. The van der Waals surface area contributed by atoms with Crippen LogP contribution >= 0.6 is 11.8 Å². The van der Waals surface area contributed by atoms with E-state index in [0.29, 0.717) is 16.8 Å². The quantitative estimate of drug-likeness (QED) is 0.648. The Bertz CT molecular complexity index is 476. The van der Waals surface area contributed by atoms with E-state index < -0.39 is 0 Å². The molecule has 110 valence electrons. The third-order valence-corrected chi connectivity index (χ3v) is 3.86. The third-order valence-electron chi connectivity index (χ3n) is 3.31. The second-order valence-electron chi connectivity index (χ2n) is 4.92.